The third kappa shape index (κ3) is 6.96. The van der Waals surface area contributed by atoms with Gasteiger partial charge < -0.3 is 16.0 Å². The van der Waals surface area contributed by atoms with Gasteiger partial charge in [-0.15, -0.1) is 0 Å². The first-order chi connectivity index (χ1) is 17.9. The number of pyridine rings is 1. The Balaban J connectivity index is 1.48. The lowest BCUT2D eigenvalue weighted by Gasteiger charge is -2.16. The Hall–Kier alpha value is -3.75. The molecule has 3 N–H and O–H groups in total. The molecule has 11 nitrogen and oxygen atoms in total. The molecule has 38 heavy (non-hydrogen) atoms. The van der Waals surface area contributed by atoms with Crippen LogP contribution in [0.15, 0.2) is 36.9 Å². The van der Waals surface area contributed by atoms with Crippen LogP contribution in [-0.4, -0.2) is 62.5 Å². The molecular formula is C23H27F3N8O3S. The largest absolute Gasteiger partial charge is 0.389 e. The van der Waals surface area contributed by atoms with Gasteiger partial charge in [0.15, 0.2) is 5.82 Å². The molecule has 3 aromatic rings. The van der Waals surface area contributed by atoms with Gasteiger partial charge in [0, 0.05) is 37.5 Å². The van der Waals surface area contributed by atoms with Crippen LogP contribution >= 0.6 is 0 Å². The molecule has 0 radical (unpaired) electrons. The van der Waals surface area contributed by atoms with Crippen molar-refractivity contribution in [2.24, 2.45) is 0 Å². The maximum Gasteiger partial charge on any atom is 0.389 e. The highest BCUT2D eigenvalue weighted by Crippen LogP contribution is 2.30. The predicted molar refractivity (Wildman–Crippen MR) is 134 cm³/mol. The number of halogens is 3. The van der Waals surface area contributed by atoms with E-state index in [9.17, 15) is 26.4 Å². The molecule has 1 saturated carbocycles. The van der Waals surface area contributed by atoms with E-state index < -0.39 is 33.8 Å². The van der Waals surface area contributed by atoms with E-state index in [1.165, 1.54) is 24.8 Å². The molecule has 1 fully saturated rings. The zero-order chi connectivity index (χ0) is 27.5. The lowest BCUT2D eigenvalue weighted by atomic mass is 10.2. The van der Waals surface area contributed by atoms with Gasteiger partial charge in [-0.2, -0.15) is 22.4 Å². The summed E-state index contributed by atoms with van der Waals surface area (Å²) >= 11 is 0. The van der Waals surface area contributed by atoms with Crippen molar-refractivity contribution >= 4 is 33.3 Å². The van der Waals surface area contributed by atoms with E-state index in [0.717, 1.165) is 4.09 Å². The van der Waals surface area contributed by atoms with Crippen molar-refractivity contribution in [2.45, 2.75) is 57.0 Å². The summed E-state index contributed by atoms with van der Waals surface area (Å²) in [5, 5.41) is 12.2. The number of nitrogens with one attached hydrogen (secondary N) is 3. The van der Waals surface area contributed by atoms with Crippen LogP contribution in [0.5, 0.6) is 0 Å². The fourth-order valence-electron chi connectivity index (χ4n) is 3.50. The Kier molecular flexibility index (Phi) is 7.85. The molecule has 0 aromatic carbocycles. The second-order valence-corrected chi connectivity index (χ2v) is 11.2. The smallest absolute Gasteiger partial charge is 0.382 e. The van der Waals surface area contributed by atoms with Gasteiger partial charge >= 0.3 is 6.18 Å². The van der Waals surface area contributed by atoms with Gasteiger partial charge in [0.05, 0.1) is 34.5 Å². The van der Waals surface area contributed by atoms with E-state index >= 15 is 0 Å². The van der Waals surface area contributed by atoms with E-state index in [-0.39, 0.29) is 30.4 Å². The molecular weight excluding hydrogens is 525 g/mol. The second-order valence-electron chi connectivity index (χ2n) is 9.13. The Morgan fingerprint density at radius 1 is 1.18 bits per heavy atom. The third-order valence-corrected chi connectivity index (χ3v) is 7.49. The predicted octanol–water partition coefficient (Wildman–Crippen LogP) is 3.71. The van der Waals surface area contributed by atoms with Crippen molar-refractivity contribution in [1.82, 2.24) is 29.5 Å². The molecule has 15 heteroatoms. The van der Waals surface area contributed by atoms with Crippen molar-refractivity contribution in [2.75, 3.05) is 17.2 Å². The molecule has 4 rings (SSSR count). The second kappa shape index (κ2) is 10.9. The average molecular weight is 553 g/mol. The normalized spacial score (nSPS) is 13.9. The molecule has 0 saturated heterocycles. The minimum Gasteiger partial charge on any atom is -0.382 e. The van der Waals surface area contributed by atoms with Gasteiger partial charge in [0.2, 0.25) is 0 Å². The van der Waals surface area contributed by atoms with Crippen LogP contribution in [0.25, 0.3) is 11.4 Å². The summed E-state index contributed by atoms with van der Waals surface area (Å²) in [6, 6.07) is 3.14. The lowest BCUT2D eigenvalue weighted by molar-refractivity contribution is -0.135. The third-order valence-electron chi connectivity index (χ3n) is 5.45. The zero-order valence-electron chi connectivity index (χ0n) is 20.7. The van der Waals surface area contributed by atoms with Crippen LogP contribution < -0.4 is 16.0 Å². The first-order valence-corrected chi connectivity index (χ1v) is 13.4. The Bertz CT molecular complexity index is 1400. The Morgan fingerprint density at radius 2 is 1.95 bits per heavy atom. The number of aromatic nitrogens is 5. The molecule has 0 unspecified atom stereocenters. The van der Waals surface area contributed by atoms with E-state index in [1.54, 1.807) is 12.1 Å². The summed E-state index contributed by atoms with van der Waals surface area (Å²) < 4.78 is 62.8. The average Bonchev–Trinajstić information content (AvgIpc) is 3.58. The fourth-order valence-corrected chi connectivity index (χ4v) is 4.97. The van der Waals surface area contributed by atoms with Crippen LogP contribution in [-0.2, 0) is 10.0 Å². The molecule has 204 valence electrons. The number of carbonyl (C=O) groups is 1. The summed E-state index contributed by atoms with van der Waals surface area (Å²) in [4.78, 5) is 25.5. The standard InChI is InChI=1S/C23H27F3N8O3S/c1-14(2)31-18-10-20(29-12-17(18)22(35)28-8-3-7-23(24,25)26)32-19-6-9-27-21(33-19)15-11-30-34(13-15)38(36,37)16-4-5-16/h6,9-14,16H,3-5,7-8H2,1-2H3,(H,28,35)(H2,27,29,31,32,33). The Labute approximate surface area is 217 Å². The fraction of sp³-hybridized carbons (Fsp3) is 0.435. The summed E-state index contributed by atoms with van der Waals surface area (Å²) in [5.41, 5.74) is 1.04. The number of amides is 1. The molecule has 3 aromatic heterocycles. The molecule has 0 spiro atoms. The summed E-state index contributed by atoms with van der Waals surface area (Å²) in [7, 11) is -3.52. The zero-order valence-corrected chi connectivity index (χ0v) is 21.5. The maximum absolute atomic E-state index is 12.6. The van der Waals surface area contributed by atoms with Crippen molar-refractivity contribution in [1.29, 1.82) is 0 Å². The Morgan fingerprint density at radius 3 is 2.63 bits per heavy atom. The molecule has 0 aliphatic heterocycles. The molecule has 0 atom stereocenters. The topological polar surface area (TPSA) is 144 Å². The number of carbonyl (C=O) groups excluding carboxylic acids is 1. The molecule has 1 aliphatic rings. The summed E-state index contributed by atoms with van der Waals surface area (Å²) in [6.07, 6.45) is 1.31. The van der Waals surface area contributed by atoms with Crippen LogP contribution in [0.2, 0.25) is 0 Å². The van der Waals surface area contributed by atoms with E-state index in [2.05, 4.69) is 36.0 Å². The van der Waals surface area contributed by atoms with Crippen LogP contribution in [0, 0.1) is 0 Å². The number of hydrogen-bond donors (Lipinski definition) is 3. The van der Waals surface area contributed by atoms with E-state index in [0.29, 0.717) is 35.7 Å². The van der Waals surface area contributed by atoms with Gasteiger partial charge in [-0.05, 0) is 39.2 Å². The van der Waals surface area contributed by atoms with Gasteiger partial charge in [-0.25, -0.2) is 23.4 Å². The summed E-state index contributed by atoms with van der Waals surface area (Å²) in [5.74, 6) is 0.415. The maximum atomic E-state index is 12.6. The first-order valence-electron chi connectivity index (χ1n) is 11.9. The monoisotopic (exact) mass is 552 g/mol. The summed E-state index contributed by atoms with van der Waals surface area (Å²) in [6.45, 7) is 3.62. The van der Waals surface area contributed by atoms with Crippen molar-refractivity contribution in [3.05, 3.63) is 42.5 Å². The van der Waals surface area contributed by atoms with Gasteiger partial charge in [-0.3, -0.25) is 4.79 Å². The number of rotatable bonds is 11. The van der Waals surface area contributed by atoms with Crippen LogP contribution in [0.1, 0.15) is 49.9 Å². The minimum atomic E-state index is -4.28. The minimum absolute atomic E-state index is 0.0452. The number of anilines is 3. The van der Waals surface area contributed by atoms with E-state index in [4.69, 9.17) is 0 Å². The number of alkyl halides is 3. The van der Waals surface area contributed by atoms with Crippen LogP contribution in [0.3, 0.4) is 0 Å². The van der Waals surface area contributed by atoms with Crippen molar-refractivity contribution < 1.29 is 26.4 Å². The molecule has 1 amide bonds. The molecule has 1 aliphatic carbocycles. The highest BCUT2D eigenvalue weighted by Gasteiger charge is 2.37. The van der Waals surface area contributed by atoms with Crippen molar-refractivity contribution in [3.8, 4) is 11.4 Å². The van der Waals surface area contributed by atoms with Gasteiger partial charge in [0.25, 0.3) is 15.9 Å². The molecule has 0 bridgehead atoms. The van der Waals surface area contributed by atoms with Gasteiger partial charge in [0.1, 0.15) is 11.6 Å². The SMILES string of the molecule is CC(C)Nc1cc(Nc2ccnc(-c3cnn(S(=O)(=O)C4CC4)c3)n2)ncc1C(=O)NCCCC(F)(F)F. The van der Waals surface area contributed by atoms with Crippen LogP contribution in [0.4, 0.5) is 30.5 Å². The van der Waals surface area contributed by atoms with Crippen molar-refractivity contribution in [3.63, 3.8) is 0 Å². The van der Waals surface area contributed by atoms with E-state index in [1.807, 2.05) is 13.8 Å². The van der Waals surface area contributed by atoms with Gasteiger partial charge in [-0.1, -0.05) is 0 Å². The first kappa shape index (κ1) is 27.3. The quantitative estimate of drug-likeness (QED) is 0.303. The highest BCUT2D eigenvalue weighted by atomic mass is 32.2. The lowest BCUT2D eigenvalue weighted by Crippen LogP contribution is -2.27. The number of nitrogens with zero attached hydrogens (tertiary/aromatic N) is 5. The molecule has 3 heterocycles. The highest BCUT2D eigenvalue weighted by molar-refractivity contribution is 7.90. The number of hydrogen-bond acceptors (Lipinski definition) is 9.